The molecule has 0 saturated heterocycles. The number of para-hydroxylation sites is 1. The highest BCUT2D eigenvalue weighted by Gasteiger charge is 2.34. The Labute approximate surface area is 244 Å². The second kappa shape index (κ2) is 14.0. The van der Waals surface area contributed by atoms with Gasteiger partial charge in [-0.15, -0.1) is 0 Å². The SMILES string of the molecule is CC[C@H](C(=O)NCC(C)C)N(Cc1c(Cl)cccc1Cl)C(=O)CN(c1ccccc1)S(=O)(=O)c1ccc(F)cc1. The summed E-state index contributed by atoms with van der Waals surface area (Å²) >= 11 is 12.8. The molecule has 0 aromatic heterocycles. The summed E-state index contributed by atoms with van der Waals surface area (Å²) in [4.78, 5) is 28.4. The Bertz CT molecular complexity index is 1400. The molecule has 40 heavy (non-hydrogen) atoms. The molecule has 0 aliphatic carbocycles. The molecule has 0 unspecified atom stereocenters. The molecule has 3 rings (SSSR count). The average Bonchev–Trinajstić information content (AvgIpc) is 2.92. The average molecular weight is 609 g/mol. The Kier molecular flexibility index (Phi) is 11.0. The normalized spacial score (nSPS) is 12.2. The Morgan fingerprint density at radius 2 is 1.52 bits per heavy atom. The van der Waals surface area contributed by atoms with Crippen LogP contribution in [0.25, 0.3) is 0 Å². The van der Waals surface area contributed by atoms with Crippen LogP contribution in [0.15, 0.2) is 77.7 Å². The first-order chi connectivity index (χ1) is 18.9. The summed E-state index contributed by atoms with van der Waals surface area (Å²) < 4.78 is 42.0. The maximum Gasteiger partial charge on any atom is 0.264 e. The first kappa shape index (κ1) is 31.4. The summed E-state index contributed by atoms with van der Waals surface area (Å²) in [6.45, 7) is 5.32. The van der Waals surface area contributed by atoms with Crippen molar-refractivity contribution >= 4 is 50.7 Å². The second-order valence-corrected chi connectivity index (χ2v) is 12.3. The number of nitrogens with one attached hydrogen (secondary N) is 1. The minimum atomic E-state index is -4.30. The molecule has 0 aliphatic rings. The quantitative estimate of drug-likeness (QED) is 0.277. The molecular weight excluding hydrogens is 576 g/mol. The summed E-state index contributed by atoms with van der Waals surface area (Å²) in [7, 11) is -4.30. The molecule has 1 N–H and O–H groups in total. The van der Waals surface area contributed by atoms with Crippen molar-refractivity contribution in [1.82, 2.24) is 10.2 Å². The number of sulfonamides is 1. The van der Waals surface area contributed by atoms with Crippen molar-refractivity contribution < 1.29 is 22.4 Å². The lowest BCUT2D eigenvalue weighted by Gasteiger charge is -2.33. The van der Waals surface area contributed by atoms with E-state index in [1.54, 1.807) is 55.5 Å². The standard InChI is InChI=1S/C29H32Cl2FN3O4S/c1-4-27(29(37)33-17-20(2)3)34(18-24-25(30)11-8-12-26(24)31)28(36)19-35(22-9-6-5-7-10-22)40(38,39)23-15-13-21(32)14-16-23/h5-16,20,27H,4,17-19H2,1-3H3,(H,33,37)/t27-/m1/s1. The summed E-state index contributed by atoms with van der Waals surface area (Å²) in [6, 6.07) is 16.4. The molecule has 0 heterocycles. The molecule has 3 aromatic rings. The van der Waals surface area contributed by atoms with Crippen LogP contribution in [-0.4, -0.2) is 44.3 Å². The molecule has 2 amide bonds. The van der Waals surface area contributed by atoms with Gasteiger partial charge in [0.05, 0.1) is 10.6 Å². The predicted molar refractivity (Wildman–Crippen MR) is 156 cm³/mol. The van der Waals surface area contributed by atoms with Gasteiger partial charge in [0.1, 0.15) is 18.4 Å². The zero-order chi connectivity index (χ0) is 29.4. The fourth-order valence-corrected chi connectivity index (χ4v) is 5.98. The van der Waals surface area contributed by atoms with Gasteiger partial charge in [-0.2, -0.15) is 0 Å². The van der Waals surface area contributed by atoms with E-state index in [1.807, 2.05) is 13.8 Å². The molecule has 214 valence electrons. The molecule has 11 heteroatoms. The van der Waals surface area contributed by atoms with E-state index in [4.69, 9.17) is 23.2 Å². The van der Waals surface area contributed by atoms with Crippen molar-refractivity contribution in [2.45, 2.75) is 44.7 Å². The van der Waals surface area contributed by atoms with E-state index in [0.29, 0.717) is 22.2 Å². The first-order valence-corrected chi connectivity index (χ1v) is 15.0. The second-order valence-electron chi connectivity index (χ2n) is 9.59. The molecule has 0 spiro atoms. The Morgan fingerprint density at radius 3 is 2.08 bits per heavy atom. The molecule has 0 bridgehead atoms. The van der Waals surface area contributed by atoms with Crippen LogP contribution in [-0.2, 0) is 26.2 Å². The van der Waals surface area contributed by atoms with Crippen LogP contribution in [0.2, 0.25) is 10.0 Å². The molecular formula is C29H32Cl2FN3O4S. The van der Waals surface area contributed by atoms with Gasteiger partial charge in [-0.05, 0) is 60.9 Å². The maximum atomic E-state index is 14.0. The topological polar surface area (TPSA) is 86.8 Å². The van der Waals surface area contributed by atoms with Crippen molar-refractivity contribution in [3.05, 3.63) is 94.2 Å². The number of hydrogen-bond donors (Lipinski definition) is 1. The van der Waals surface area contributed by atoms with Gasteiger partial charge in [0.25, 0.3) is 10.0 Å². The van der Waals surface area contributed by atoms with Crippen molar-refractivity contribution in [3.8, 4) is 0 Å². The van der Waals surface area contributed by atoms with Crippen LogP contribution in [0, 0.1) is 11.7 Å². The molecule has 0 aliphatic heterocycles. The molecule has 3 aromatic carbocycles. The number of hydrogen-bond acceptors (Lipinski definition) is 4. The number of benzene rings is 3. The predicted octanol–water partition coefficient (Wildman–Crippen LogP) is 5.91. The van der Waals surface area contributed by atoms with E-state index in [1.165, 1.54) is 4.90 Å². The van der Waals surface area contributed by atoms with E-state index in [-0.39, 0.29) is 35.4 Å². The molecule has 1 atom stereocenters. The van der Waals surface area contributed by atoms with Gasteiger partial charge in [0, 0.05) is 28.7 Å². The Hall–Kier alpha value is -3.14. The van der Waals surface area contributed by atoms with Gasteiger partial charge in [-0.1, -0.05) is 68.2 Å². The molecule has 0 radical (unpaired) electrons. The summed E-state index contributed by atoms with van der Waals surface area (Å²) in [5, 5.41) is 3.48. The van der Waals surface area contributed by atoms with Crippen LogP contribution in [0.4, 0.5) is 10.1 Å². The number of nitrogens with zero attached hydrogens (tertiary/aromatic N) is 2. The van der Waals surface area contributed by atoms with Gasteiger partial charge in [-0.25, -0.2) is 12.8 Å². The van der Waals surface area contributed by atoms with Crippen LogP contribution in [0.5, 0.6) is 0 Å². The fourth-order valence-electron chi connectivity index (χ4n) is 4.05. The first-order valence-electron chi connectivity index (χ1n) is 12.8. The van der Waals surface area contributed by atoms with Crippen molar-refractivity contribution in [2.24, 2.45) is 5.92 Å². The maximum absolute atomic E-state index is 14.0. The highest BCUT2D eigenvalue weighted by Crippen LogP contribution is 2.28. The monoisotopic (exact) mass is 607 g/mol. The van der Waals surface area contributed by atoms with E-state index in [0.717, 1.165) is 28.6 Å². The van der Waals surface area contributed by atoms with Crippen molar-refractivity contribution in [2.75, 3.05) is 17.4 Å². The number of carbonyl (C=O) groups excluding carboxylic acids is 2. The van der Waals surface area contributed by atoms with Gasteiger partial charge >= 0.3 is 0 Å². The van der Waals surface area contributed by atoms with Crippen LogP contribution < -0.4 is 9.62 Å². The fraction of sp³-hybridized carbons (Fsp3) is 0.310. The largest absolute Gasteiger partial charge is 0.354 e. The molecule has 0 saturated carbocycles. The lowest BCUT2D eigenvalue weighted by molar-refractivity contribution is -0.140. The minimum absolute atomic E-state index is 0.121. The highest BCUT2D eigenvalue weighted by atomic mass is 35.5. The lowest BCUT2D eigenvalue weighted by Crippen LogP contribution is -2.52. The molecule has 7 nitrogen and oxygen atoms in total. The smallest absolute Gasteiger partial charge is 0.264 e. The van der Waals surface area contributed by atoms with E-state index < -0.39 is 34.3 Å². The van der Waals surface area contributed by atoms with Crippen LogP contribution in [0.1, 0.15) is 32.8 Å². The lowest BCUT2D eigenvalue weighted by atomic mass is 10.1. The zero-order valence-corrected chi connectivity index (χ0v) is 24.8. The number of amides is 2. The van der Waals surface area contributed by atoms with Crippen molar-refractivity contribution in [1.29, 1.82) is 0 Å². The summed E-state index contributed by atoms with van der Waals surface area (Å²) in [6.07, 6.45) is 0.258. The van der Waals surface area contributed by atoms with E-state index in [9.17, 15) is 22.4 Å². The van der Waals surface area contributed by atoms with Gasteiger partial charge < -0.3 is 10.2 Å². The highest BCUT2D eigenvalue weighted by molar-refractivity contribution is 7.92. The van der Waals surface area contributed by atoms with Crippen molar-refractivity contribution in [3.63, 3.8) is 0 Å². The number of halogens is 3. The number of anilines is 1. The Balaban J connectivity index is 2.06. The number of rotatable bonds is 12. The zero-order valence-electron chi connectivity index (χ0n) is 22.5. The Morgan fingerprint density at radius 1 is 0.925 bits per heavy atom. The van der Waals surface area contributed by atoms with Gasteiger partial charge in [-0.3, -0.25) is 13.9 Å². The summed E-state index contributed by atoms with van der Waals surface area (Å²) in [5.41, 5.74) is 0.662. The summed E-state index contributed by atoms with van der Waals surface area (Å²) in [5.74, 6) is -1.43. The van der Waals surface area contributed by atoms with Gasteiger partial charge in [0.15, 0.2) is 0 Å². The van der Waals surface area contributed by atoms with E-state index >= 15 is 0 Å². The van der Waals surface area contributed by atoms with Crippen LogP contribution in [0.3, 0.4) is 0 Å². The van der Waals surface area contributed by atoms with Crippen LogP contribution >= 0.6 is 23.2 Å². The third kappa shape index (κ3) is 7.74. The number of carbonyl (C=O) groups is 2. The molecule has 0 fully saturated rings. The van der Waals surface area contributed by atoms with E-state index in [2.05, 4.69) is 5.32 Å². The third-order valence-corrected chi connectivity index (χ3v) is 8.68. The minimum Gasteiger partial charge on any atom is -0.354 e. The van der Waals surface area contributed by atoms with Gasteiger partial charge in [0.2, 0.25) is 11.8 Å². The third-order valence-electron chi connectivity index (χ3n) is 6.19.